The fourth-order valence-corrected chi connectivity index (χ4v) is 2.32. The first-order valence-corrected chi connectivity index (χ1v) is 7.25. The second-order valence-corrected chi connectivity index (χ2v) is 5.57. The number of anilines is 1. The van der Waals surface area contributed by atoms with E-state index in [0.717, 1.165) is 11.1 Å². The Hall–Kier alpha value is -2.53. The standard InChI is InChI=1S/C17H16ClNO4/c1-10-5-11(2)7-13(6-10)23-9-16(20)19-15-4-3-12(18)8-14(15)17(21)22/h3-8H,9H2,1-2H3,(H,19,20)(H,21,22)/p-1. The third-order valence-corrected chi connectivity index (χ3v) is 3.28. The van der Waals surface area contributed by atoms with Crippen molar-refractivity contribution in [3.8, 4) is 5.75 Å². The van der Waals surface area contributed by atoms with Gasteiger partial charge in [-0.1, -0.05) is 17.7 Å². The molecule has 2 aromatic rings. The Morgan fingerprint density at radius 3 is 2.39 bits per heavy atom. The lowest BCUT2D eigenvalue weighted by Crippen LogP contribution is -2.26. The normalized spacial score (nSPS) is 10.2. The number of ether oxygens (including phenoxy) is 1. The zero-order chi connectivity index (χ0) is 17.0. The molecule has 0 heterocycles. The molecule has 0 unspecified atom stereocenters. The Labute approximate surface area is 138 Å². The number of carboxylic acids is 1. The van der Waals surface area contributed by atoms with Gasteiger partial charge in [-0.25, -0.2) is 0 Å². The lowest BCUT2D eigenvalue weighted by Gasteiger charge is -2.13. The molecule has 5 nitrogen and oxygen atoms in total. The zero-order valence-electron chi connectivity index (χ0n) is 12.7. The minimum absolute atomic E-state index is 0.114. The van der Waals surface area contributed by atoms with Gasteiger partial charge in [0.25, 0.3) is 5.91 Å². The molecule has 0 bridgehead atoms. The van der Waals surface area contributed by atoms with Gasteiger partial charge >= 0.3 is 0 Å². The number of nitrogens with one attached hydrogen (secondary N) is 1. The number of carbonyl (C=O) groups is 2. The molecule has 0 aliphatic rings. The summed E-state index contributed by atoms with van der Waals surface area (Å²) in [6.45, 7) is 3.62. The van der Waals surface area contributed by atoms with E-state index in [4.69, 9.17) is 16.3 Å². The maximum absolute atomic E-state index is 11.9. The molecule has 2 rings (SSSR count). The van der Waals surface area contributed by atoms with Crippen LogP contribution in [0.25, 0.3) is 0 Å². The molecule has 0 spiro atoms. The molecular weight excluding hydrogens is 318 g/mol. The predicted octanol–water partition coefficient (Wildman–Crippen LogP) is 2.34. The minimum Gasteiger partial charge on any atom is -0.545 e. The molecule has 0 saturated heterocycles. The van der Waals surface area contributed by atoms with Crippen LogP contribution in [0.5, 0.6) is 5.75 Å². The number of carboxylic acid groups (broad SMARTS) is 1. The molecule has 0 atom stereocenters. The van der Waals surface area contributed by atoms with Crippen molar-refractivity contribution in [2.75, 3.05) is 11.9 Å². The zero-order valence-corrected chi connectivity index (χ0v) is 13.4. The Bertz CT molecular complexity index is 738. The summed E-state index contributed by atoms with van der Waals surface area (Å²) in [5.41, 5.74) is 1.98. The third kappa shape index (κ3) is 4.72. The van der Waals surface area contributed by atoms with E-state index >= 15 is 0 Å². The van der Waals surface area contributed by atoms with Crippen LogP contribution in [0, 0.1) is 13.8 Å². The van der Waals surface area contributed by atoms with Gasteiger partial charge in [-0.15, -0.1) is 0 Å². The third-order valence-electron chi connectivity index (χ3n) is 3.04. The van der Waals surface area contributed by atoms with Gasteiger partial charge in [-0.05, 0) is 55.3 Å². The summed E-state index contributed by atoms with van der Waals surface area (Å²) in [4.78, 5) is 23.0. The molecular formula is C17H15ClNO4-. The van der Waals surface area contributed by atoms with Gasteiger partial charge in [0.05, 0.1) is 11.7 Å². The quantitative estimate of drug-likeness (QED) is 0.911. The summed E-state index contributed by atoms with van der Waals surface area (Å²) in [5.74, 6) is -1.32. The number of benzene rings is 2. The maximum Gasteiger partial charge on any atom is 0.262 e. The first-order chi connectivity index (χ1) is 10.8. The SMILES string of the molecule is Cc1cc(C)cc(OCC(=O)Nc2ccc(Cl)cc2C(=O)[O-])c1. The van der Waals surface area contributed by atoms with Crippen molar-refractivity contribution in [1.82, 2.24) is 0 Å². The topological polar surface area (TPSA) is 78.5 Å². The number of halogens is 1. The number of aromatic carboxylic acids is 1. The summed E-state index contributed by atoms with van der Waals surface area (Å²) >= 11 is 5.74. The van der Waals surface area contributed by atoms with Gasteiger partial charge in [0.2, 0.25) is 0 Å². The average molecular weight is 333 g/mol. The molecule has 120 valence electrons. The van der Waals surface area contributed by atoms with Crippen LogP contribution >= 0.6 is 11.6 Å². The second kappa shape index (κ2) is 7.15. The van der Waals surface area contributed by atoms with Crippen LogP contribution in [0.15, 0.2) is 36.4 Å². The van der Waals surface area contributed by atoms with E-state index in [1.54, 1.807) is 0 Å². The molecule has 0 aliphatic heterocycles. The van der Waals surface area contributed by atoms with Crippen LogP contribution < -0.4 is 15.2 Å². The average Bonchev–Trinajstić information content (AvgIpc) is 2.46. The van der Waals surface area contributed by atoms with E-state index < -0.39 is 11.9 Å². The molecule has 0 radical (unpaired) electrons. The summed E-state index contributed by atoms with van der Waals surface area (Å²) in [5, 5.41) is 13.8. The number of hydrogen-bond donors (Lipinski definition) is 1. The lowest BCUT2D eigenvalue weighted by molar-refractivity contribution is -0.254. The number of amides is 1. The molecule has 0 saturated carbocycles. The highest BCUT2D eigenvalue weighted by Crippen LogP contribution is 2.20. The van der Waals surface area contributed by atoms with Crippen molar-refractivity contribution in [3.05, 3.63) is 58.1 Å². The van der Waals surface area contributed by atoms with E-state index in [1.807, 2.05) is 32.0 Å². The van der Waals surface area contributed by atoms with Gasteiger partial charge in [0.1, 0.15) is 5.75 Å². The molecule has 2 aromatic carbocycles. The first kappa shape index (κ1) is 16.8. The van der Waals surface area contributed by atoms with Gasteiger partial charge in [-0.3, -0.25) is 4.79 Å². The van der Waals surface area contributed by atoms with Crippen molar-refractivity contribution in [2.24, 2.45) is 0 Å². The Kier molecular flexibility index (Phi) is 5.24. The van der Waals surface area contributed by atoms with Crippen LogP contribution in [0.3, 0.4) is 0 Å². The first-order valence-electron chi connectivity index (χ1n) is 6.87. The van der Waals surface area contributed by atoms with Crippen LogP contribution in [-0.2, 0) is 4.79 Å². The minimum atomic E-state index is -1.42. The van der Waals surface area contributed by atoms with Gasteiger partial charge in [-0.2, -0.15) is 0 Å². The Morgan fingerprint density at radius 1 is 1.13 bits per heavy atom. The number of hydrogen-bond acceptors (Lipinski definition) is 4. The van der Waals surface area contributed by atoms with Crippen molar-refractivity contribution in [3.63, 3.8) is 0 Å². The van der Waals surface area contributed by atoms with E-state index in [-0.39, 0.29) is 22.9 Å². The summed E-state index contributed by atoms with van der Waals surface area (Å²) < 4.78 is 5.42. The largest absolute Gasteiger partial charge is 0.545 e. The maximum atomic E-state index is 11.9. The number of aryl methyl sites for hydroxylation is 2. The van der Waals surface area contributed by atoms with E-state index in [2.05, 4.69) is 5.32 Å². The van der Waals surface area contributed by atoms with Gasteiger partial charge in [0.15, 0.2) is 6.61 Å². The fourth-order valence-electron chi connectivity index (χ4n) is 2.15. The van der Waals surface area contributed by atoms with Crippen molar-refractivity contribution in [1.29, 1.82) is 0 Å². The van der Waals surface area contributed by atoms with Gasteiger partial charge < -0.3 is 20.0 Å². The van der Waals surface area contributed by atoms with Crippen LogP contribution in [0.4, 0.5) is 5.69 Å². The number of carbonyl (C=O) groups excluding carboxylic acids is 2. The van der Waals surface area contributed by atoms with Gasteiger partial charge in [0, 0.05) is 10.6 Å². The number of rotatable bonds is 5. The fraction of sp³-hybridized carbons (Fsp3) is 0.176. The molecule has 0 fully saturated rings. The molecule has 0 aromatic heterocycles. The highest BCUT2D eigenvalue weighted by Gasteiger charge is 2.09. The highest BCUT2D eigenvalue weighted by molar-refractivity contribution is 6.31. The highest BCUT2D eigenvalue weighted by atomic mass is 35.5. The van der Waals surface area contributed by atoms with Crippen LogP contribution in [0.1, 0.15) is 21.5 Å². The smallest absolute Gasteiger partial charge is 0.262 e. The van der Waals surface area contributed by atoms with E-state index in [1.165, 1.54) is 18.2 Å². The molecule has 23 heavy (non-hydrogen) atoms. The molecule has 6 heteroatoms. The predicted molar refractivity (Wildman–Crippen MR) is 85.8 cm³/mol. The van der Waals surface area contributed by atoms with E-state index in [0.29, 0.717) is 5.75 Å². The van der Waals surface area contributed by atoms with E-state index in [9.17, 15) is 14.7 Å². The van der Waals surface area contributed by atoms with Crippen molar-refractivity contribution >= 4 is 29.2 Å². The lowest BCUT2D eigenvalue weighted by atomic mass is 10.1. The molecule has 1 N–H and O–H groups in total. The van der Waals surface area contributed by atoms with Crippen LogP contribution in [-0.4, -0.2) is 18.5 Å². The molecule has 0 aliphatic carbocycles. The van der Waals surface area contributed by atoms with Crippen LogP contribution in [0.2, 0.25) is 5.02 Å². The van der Waals surface area contributed by atoms with Crippen molar-refractivity contribution in [2.45, 2.75) is 13.8 Å². The Morgan fingerprint density at radius 2 is 1.78 bits per heavy atom. The second-order valence-electron chi connectivity index (χ2n) is 5.14. The monoisotopic (exact) mass is 332 g/mol. The Balaban J connectivity index is 2.04. The summed E-state index contributed by atoms with van der Waals surface area (Å²) in [6.07, 6.45) is 0. The summed E-state index contributed by atoms with van der Waals surface area (Å²) in [7, 11) is 0. The summed E-state index contributed by atoms with van der Waals surface area (Å²) in [6, 6.07) is 9.73. The van der Waals surface area contributed by atoms with Crippen molar-refractivity contribution < 1.29 is 19.4 Å². The molecule has 1 amide bonds.